The zero-order valence-corrected chi connectivity index (χ0v) is 8.39. The van der Waals surface area contributed by atoms with E-state index in [1.54, 1.807) is 0 Å². The quantitative estimate of drug-likeness (QED) is 0.739. The minimum atomic E-state index is 0.693. The SMILES string of the molecule is CCNc1cc(C)nc(NCC)n1. The third-order valence-corrected chi connectivity index (χ3v) is 1.55. The van der Waals surface area contributed by atoms with Crippen molar-refractivity contribution >= 4 is 11.8 Å². The standard InChI is InChI=1S/C9H16N4/c1-4-10-8-6-7(3)12-9(13-8)11-5-2/h6H,4-5H2,1-3H3,(H2,10,11,12,13). The van der Waals surface area contributed by atoms with Gasteiger partial charge < -0.3 is 10.6 Å². The maximum atomic E-state index is 4.28. The van der Waals surface area contributed by atoms with Gasteiger partial charge in [0.25, 0.3) is 0 Å². The highest BCUT2D eigenvalue weighted by molar-refractivity contribution is 5.41. The molecule has 4 nitrogen and oxygen atoms in total. The Morgan fingerprint density at radius 1 is 1.15 bits per heavy atom. The molecule has 0 radical (unpaired) electrons. The Morgan fingerprint density at radius 2 is 1.85 bits per heavy atom. The molecule has 0 amide bonds. The maximum absolute atomic E-state index is 4.28. The van der Waals surface area contributed by atoms with Crippen molar-refractivity contribution in [3.63, 3.8) is 0 Å². The van der Waals surface area contributed by atoms with Crippen LogP contribution in [0.1, 0.15) is 19.5 Å². The molecule has 0 aliphatic rings. The van der Waals surface area contributed by atoms with Crippen molar-refractivity contribution < 1.29 is 0 Å². The zero-order valence-electron chi connectivity index (χ0n) is 8.39. The Balaban J connectivity index is 2.83. The van der Waals surface area contributed by atoms with Crippen molar-refractivity contribution in [1.29, 1.82) is 0 Å². The van der Waals surface area contributed by atoms with Gasteiger partial charge in [0, 0.05) is 24.8 Å². The average molecular weight is 180 g/mol. The van der Waals surface area contributed by atoms with Crippen LogP contribution in [0.4, 0.5) is 11.8 Å². The summed E-state index contributed by atoms with van der Waals surface area (Å²) in [5.41, 5.74) is 0.974. The highest BCUT2D eigenvalue weighted by Crippen LogP contribution is 2.08. The van der Waals surface area contributed by atoms with E-state index in [9.17, 15) is 0 Å². The molecule has 0 aromatic carbocycles. The molecule has 1 heterocycles. The predicted octanol–water partition coefficient (Wildman–Crippen LogP) is 1.65. The molecule has 4 heteroatoms. The molecule has 13 heavy (non-hydrogen) atoms. The number of rotatable bonds is 4. The van der Waals surface area contributed by atoms with Gasteiger partial charge in [0.1, 0.15) is 5.82 Å². The van der Waals surface area contributed by atoms with Crippen LogP contribution in [-0.2, 0) is 0 Å². The van der Waals surface area contributed by atoms with Crippen LogP contribution in [0.2, 0.25) is 0 Å². The molecule has 0 spiro atoms. The lowest BCUT2D eigenvalue weighted by Crippen LogP contribution is -2.06. The van der Waals surface area contributed by atoms with Crippen molar-refractivity contribution in [2.24, 2.45) is 0 Å². The van der Waals surface area contributed by atoms with E-state index < -0.39 is 0 Å². The minimum absolute atomic E-state index is 0.693. The lowest BCUT2D eigenvalue weighted by molar-refractivity contribution is 1.04. The van der Waals surface area contributed by atoms with Gasteiger partial charge in [-0.25, -0.2) is 4.98 Å². The Labute approximate surface area is 78.8 Å². The van der Waals surface area contributed by atoms with Crippen molar-refractivity contribution in [2.45, 2.75) is 20.8 Å². The fraction of sp³-hybridized carbons (Fsp3) is 0.556. The molecule has 72 valence electrons. The number of anilines is 2. The van der Waals surface area contributed by atoms with Gasteiger partial charge in [0.05, 0.1) is 0 Å². The van der Waals surface area contributed by atoms with Gasteiger partial charge in [-0.1, -0.05) is 0 Å². The molecule has 1 rings (SSSR count). The van der Waals surface area contributed by atoms with Crippen molar-refractivity contribution in [2.75, 3.05) is 23.7 Å². The second-order valence-corrected chi connectivity index (χ2v) is 2.78. The molecule has 0 saturated heterocycles. The second kappa shape index (κ2) is 4.64. The van der Waals surface area contributed by atoms with Crippen molar-refractivity contribution in [3.8, 4) is 0 Å². The molecule has 0 aliphatic heterocycles. The Kier molecular flexibility index (Phi) is 3.49. The van der Waals surface area contributed by atoms with Crippen LogP contribution in [0, 0.1) is 6.92 Å². The van der Waals surface area contributed by atoms with E-state index in [1.807, 2.05) is 26.8 Å². The largest absolute Gasteiger partial charge is 0.370 e. The number of hydrogen-bond donors (Lipinski definition) is 2. The summed E-state index contributed by atoms with van der Waals surface area (Å²) in [6.45, 7) is 7.75. The summed E-state index contributed by atoms with van der Waals surface area (Å²) in [7, 11) is 0. The molecule has 0 unspecified atom stereocenters. The minimum Gasteiger partial charge on any atom is -0.370 e. The topological polar surface area (TPSA) is 49.8 Å². The van der Waals surface area contributed by atoms with E-state index in [-0.39, 0.29) is 0 Å². The molecular weight excluding hydrogens is 164 g/mol. The van der Waals surface area contributed by atoms with Crippen LogP contribution in [0.3, 0.4) is 0 Å². The molecular formula is C9H16N4. The fourth-order valence-electron chi connectivity index (χ4n) is 1.08. The van der Waals surface area contributed by atoms with E-state index in [1.165, 1.54) is 0 Å². The highest BCUT2D eigenvalue weighted by Gasteiger charge is 1.98. The molecule has 0 fully saturated rings. The number of aryl methyl sites for hydroxylation is 1. The van der Waals surface area contributed by atoms with Gasteiger partial charge in [0.2, 0.25) is 5.95 Å². The molecule has 1 aromatic rings. The summed E-state index contributed by atoms with van der Waals surface area (Å²) in [6, 6.07) is 1.93. The summed E-state index contributed by atoms with van der Waals surface area (Å²) >= 11 is 0. The highest BCUT2D eigenvalue weighted by atomic mass is 15.1. The summed E-state index contributed by atoms with van der Waals surface area (Å²) in [5.74, 6) is 1.57. The molecule has 1 aromatic heterocycles. The van der Waals surface area contributed by atoms with E-state index in [4.69, 9.17) is 0 Å². The lowest BCUT2D eigenvalue weighted by atomic mass is 10.4. The summed E-state index contributed by atoms with van der Waals surface area (Å²) in [4.78, 5) is 8.52. The first-order valence-corrected chi connectivity index (χ1v) is 4.59. The molecule has 0 aliphatic carbocycles. The molecule has 0 atom stereocenters. The summed E-state index contributed by atoms with van der Waals surface area (Å²) in [5, 5.41) is 6.24. The first-order valence-electron chi connectivity index (χ1n) is 4.59. The van der Waals surface area contributed by atoms with E-state index in [0.717, 1.165) is 24.6 Å². The first kappa shape index (κ1) is 9.77. The maximum Gasteiger partial charge on any atom is 0.224 e. The summed E-state index contributed by atoms with van der Waals surface area (Å²) < 4.78 is 0. The van der Waals surface area contributed by atoms with Gasteiger partial charge in [-0.15, -0.1) is 0 Å². The van der Waals surface area contributed by atoms with E-state index >= 15 is 0 Å². The van der Waals surface area contributed by atoms with Gasteiger partial charge in [0.15, 0.2) is 0 Å². The Bertz CT molecular complexity index is 248. The van der Waals surface area contributed by atoms with Gasteiger partial charge >= 0.3 is 0 Å². The molecule has 2 N–H and O–H groups in total. The molecule has 0 saturated carbocycles. The normalized spacial score (nSPS) is 9.77. The number of nitrogens with one attached hydrogen (secondary N) is 2. The van der Waals surface area contributed by atoms with E-state index in [2.05, 4.69) is 20.6 Å². The van der Waals surface area contributed by atoms with Crippen molar-refractivity contribution in [1.82, 2.24) is 9.97 Å². The van der Waals surface area contributed by atoms with Crippen LogP contribution < -0.4 is 10.6 Å². The predicted molar refractivity (Wildman–Crippen MR) is 55.1 cm³/mol. The first-order chi connectivity index (χ1) is 6.26. The smallest absolute Gasteiger partial charge is 0.224 e. The van der Waals surface area contributed by atoms with Crippen LogP contribution in [0.25, 0.3) is 0 Å². The van der Waals surface area contributed by atoms with E-state index in [0.29, 0.717) is 5.95 Å². The van der Waals surface area contributed by atoms with Gasteiger partial charge in [-0.05, 0) is 20.8 Å². The lowest BCUT2D eigenvalue weighted by Gasteiger charge is -2.06. The number of hydrogen-bond acceptors (Lipinski definition) is 4. The van der Waals surface area contributed by atoms with Crippen LogP contribution in [0.5, 0.6) is 0 Å². The number of aromatic nitrogens is 2. The monoisotopic (exact) mass is 180 g/mol. The third-order valence-electron chi connectivity index (χ3n) is 1.55. The van der Waals surface area contributed by atoms with Gasteiger partial charge in [-0.2, -0.15) is 4.98 Å². The number of nitrogens with zero attached hydrogens (tertiary/aromatic N) is 2. The molecule has 0 bridgehead atoms. The average Bonchev–Trinajstić information content (AvgIpc) is 2.04. The third kappa shape index (κ3) is 2.89. The van der Waals surface area contributed by atoms with Crippen LogP contribution in [-0.4, -0.2) is 23.1 Å². The fourth-order valence-corrected chi connectivity index (χ4v) is 1.08. The Hall–Kier alpha value is -1.32. The van der Waals surface area contributed by atoms with Crippen molar-refractivity contribution in [3.05, 3.63) is 11.8 Å². The van der Waals surface area contributed by atoms with Crippen LogP contribution in [0.15, 0.2) is 6.07 Å². The van der Waals surface area contributed by atoms with Crippen LogP contribution >= 0.6 is 0 Å². The zero-order chi connectivity index (χ0) is 9.68. The second-order valence-electron chi connectivity index (χ2n) is 2.78. The Morgan fingerprint density at radius 3 is 2.46 bits per heavy atom. The van der Waals surface area contributed by atoms with Gasteiger partial charge in [-0.3, -0.25) is 0 Å². The summed E-state index contributed by atoms with van der Waals surface area (Å²) in [6.07, 6.45) is 0.